The molecule has 39 heavy (non-hydrogen) atoms. The Labute approximate surface area is 238 Å². The number of aromatic nitrogens is 3. The fourth-order valence-corrected chi connectivity index (χ4v) is 6.26. The second-order valence-electron chi connectivity index (χ2n) is 8.87. The highest BCUT2D eigenvalue weighted by Gasteiger charge is 2.17. The molecule has 0 radical (unpaired) electrons. The highest BCUT2D eigenvalue weighted by atomic mass is 79.9. The minimum absolute atomic E-state index is 0.243. The van der Waals surface area contributed by atoms with Crippen molar-refractivity contribution < 1.29 is 8.42 Å². The predicted octanol–water partition coefficient (Wildman–Crippen LogP) is 7.38. The molecule has 0 bridgehead atoms. The standard InChI is InChI=1S/C29H21BrClN5O2S/c30-24-18-33-36-28(16-26(34-29(24)36)23-9-3-4-10-25(23)31)32-17-19-12-14-21(15-13-19)35-39(37,38)27-11-5-7-20-6-1-2-8-22(20)27/h1-16,18,32,35H,17H2. The second-order valence-corrected chi connectivity index (χ2v) is 11.8. The molecule has 0 fully saturated rings. The van der Waals surface area contributed by atoms with Crippen molar-refractivity contribution in [2.75, 3.05) is 10.0 Å². The summed E-state index contributed by atoms with van der Waals surface area (Å²) in [4.78, 5) is 4.98. The van der Waals surface area contributed by atoms with Crippen molar-refractivity contribution in [3.8, 4) is 11.3 Å². The van der Waals surface area contributed by atoms with E-state index in [1.807, 2.05) is 72.8 Å². The number of anilines is 2. The van der Waals surface area contributed by atoms with E-state index >= 15 is 0 Å². The molecule has 6 aromatic rings. The van der Waals surface area contributed by atoms with E-state index in [2.05, 4.69) is 31.1 Å². The zero-order chi connectivity index (χ0) is 27.0. The molecule has 6 rings (SSSR count). The van der Waals surface area contributed by atoms with E-state index in [1.54, 1.807) is 35.0 Å². The fourth-order valence-electron chi connectivity index (χ4n) is 4.39. The van der Waals surface area contributed by atoms with Crippen LogP contribution in [0.5, 0.6) is 0 Å². The predicted molar refractivity (Wildman–Crippen MR) is 160 cm³/mol. The number of nitrogens with zero attached hydrogens (tertiary/aromatic N) is 3. The first-order valence-corrected chi connectivity index (χ1v) is 14.7. The van der Waals surface area contributed by atoms with Crippen LogP contribution < -0.4 is 10.0 Å². The maximum absolute atomic E-state index is 13.2. The van der Waals surface area contributed by atoms with Crippen LogP contribution >= 0.6 is 27.5 Å². The summed E-state index contributed by atoms with van der Waals surface area (Å²) in [5, 5.41) is 10.0. The Kier molecular flexibility index (Phi) is 6.72. The summed E-state index contributed by atoms with van der Waals surface area (Å²) < 4.78 is 31.5. The molecule has 0 aliphatic heterocycles. The lowest BCUT2D eigenvalue weighted by Crippen LogP contribution is -2.13. The first kappa shape index (κ1) is 25.4. The van der Waals surface area contributed by atoms with Crippen LogP contribution in [-0.2, 0) is 16.6 Å². The molecule has 0 aliphatic rings. The third-order valence-corrected chi connectivity index (χ3v) is 8.63. The van der Waals surface area contributed by atoms with Gasteiger partial charge in [-0.2, -0.15) is 9.61 Å². The number of hydrogen-bond acceptors (Lipinski definition) is 5. The van der Waals surface area contributed by atoms with E-state index in [4.69, 9.17) is 16.6 Å². The number of fused-ring (bicyclic) bond motifs is 2. The molecule has 0 unspecified atom stereocenters. The molecule has 7 nitrogen and oxygen atoms in total. The summed E-state index contributed by atoms with van der Waals surface area (Å²) in [6, 6.07) is 29.4. The monoisotopic (exact) mass is 617 g/mol. The molecule has 10 heteroatoms. The third-order valence-electron chi connectivity index (χ3n) is 6.30. The number of nitrogens with one attached hydrogen (secondary N) is 2. The van der Waals surface area contributed by atoms with Crippen molar-refractivity contribution in [1.82, 2.24) is 14.6 Å². The number of halogens is 2. The Morgan fingerprint density at radius 3 is 2.46 bits per heavy atom. The molecule has 194 valence electrons. The molecular weight excluding hydrogens is 598 g/mol. The van der Waals surface area contributed by atoms with Crippen LogP contribution in [0.1, 0.15) is 5.56 Å². The molecule has 2 aromatic heterocycles. The van der Waals surface area contributed by atoms with Gasteiger partial charge in [-0.05, 0) is 51.1 Å². The summed E-state index contributed by atoms with van der Waals surface area (Å²) in [5.41, 5.74) is 3.64. The van der Waals surface area contributed by atoms with Crippen molar-refractivity contribution in [2.24, 2.45) is 0 Å². The van der Waals surface area contributed by atoms with Gasteiger partial charge in [0, 0.05) is 34.3 Å². The van der Waals surface area contributed by atoms with Crippen LogP contribution in [0.25, 0.3) is 27.7 Å². The maximum atomic E-state index is 13.2. The van der Waals surface area contributed by atoms with E-state index in [1.165, 1.54) is 0 Å². The molecule has 4 aromatic carbocycles. The molecule has 2 heterocycles. The number of benzene rings is 4. The second kappa shape index (κ2) is 10.3. The lowest BCUT2D eigenvalue weighted by Gasteiger charge is -2.13. The highest BCUT2D eigenvalue weighted by Crippen LogP contribution is 2.31. The molecular formula is C29H21BrClN5O2S. The van der Waals surface area contributed by atoms with Crippen molar-refractivity contribution >= 4 is 65.5 Å². The summed E-state index contributed by atoms with van der Waals surface area (Å²) in [6.45, 7) is 0.481. The van der Waals surface area contributed by atoms with Gasteiger partial charge in [0.2, 0.25) is 0 Å². The first-order valence-electron chi connectivity index (χ1n) is 12.0. The average Bonchev–Trinajstić information content (AvgIpc) is 3.32. The molecule has 0 saturated carbocycles. The molecule has 2 N–H and O–H groups in total. The van der Waals surface area contributed by atoms with Gasteiger partial charge in [0.15, 0.2) is 5.65 Å². The van der Waals surface area contributed by atoms with Gasteiger partial charge in [-0.15, -0.1) is 0 Å². The Morgan fingerprint density at radius 1 is 0.897 bits per heavy atom. The van der Waals surface area contributed by atoms with Crippen molar-refractivity contribution in [3.05, 3.63) is 118 Å². The zero-order valence-electron chi connectivity index (χ0n) is 20.3. The highest BCUT2D eigenvalue weighted by molar-refractivity contribution is 9.10. The van der Waals surface area contributed by atoms with Crippen molar-refractivity contribution in [1.29, 1.82) is 0 Å². The van der Waals surface area contributed by atoms with Gasteiger partial charge in [-0.3, -0.25) is 4.72 Å². The quantitative estimate of drug-likeness (QED) is 0.195. The molecule has 0 aliphatic carbocycles. The SMILES string of the molecule is O=S(=O)(Nc1ccc(CNc2cc(-c3ccccc3Cl)nc3c(Br)cnn23)cc1)c1cccc2ccccc12. The van der Waals surface area contributed by atoms with E-state index in [-0.39, 0.29) is 4.90 Å². The van der Waals surface area contributed by atoms with Crippen molar-refractivity contribution in [2.45, 2.75) is 11.4 Å². The van der Waals surface area contributed by atoms with Crippen LogP contribution in [-0.4, -0.2) is 23.0 Å². The minimum Gasteiger partial charge on any atom is -0.366 e. The fraction of sp³-hybridized carbons (Fsp3) is 0.0345. The van der Waals surface area contributed by atoms with Gasteiger partial charge >= 0.3 is 0 Å². The average molecular weight is 619 g/mol. The van der Waals surface area contributed by atoms with Crippen LogP contribution in [0, 0.1) is 0 Å². The Balaban J connectivity index is 1.23. The third kappa shape index (κ3) is 5.08. The van der Waals surface area contributed by atoms with Crippen LogP contribution in [0.15, 0.2) is 113 Å². The normalized spacial score (nSPS) is 11.6. The lowest BCUT2D eigenvalue weighted by atomic mass is 10.1. The van der Waals surface area contributed by atoms with Gasteiger partial charge in [-0.25, -0.2) is 13.4 Å². The minimum atomic E-state index is -3.76. The van der Waals surface area contributed by atoms with E-state index in [0.29, 0.717) is 28.3 Å². The Morgan fingerprint density at radius 2 is 1.64 bits per heavy atom. The van der Waals surface area contributed by atoms with E-state index in [9.17, 15) is 8.42 Å². The molecule has 0 atom stereocenters. The van der Waals surface area contributed by atoms with E-state index in [0.717, 1.165) is 32.5 Å². The molecule has 0 amide bonds. The smallest absolute Gasteiger partial charge is 0.262 e. The number of hydrogen-bond donors (Lipinski definition) is 2. The number of sulfonamides is 1. The van der Waals surface area contributed by atoms with Gasteiger partial charge in [-0.1, -0.05) is 78.3 Å². The van der Waals surface area contributed by atoms with Gasteiger partial charge in [0.05, 0.1) is 21.3 Å². The topological polar surface area (TPSA) is 88.4 Å². The molecule has 0 spiro atoms. The van der Waals surface area contributed by atoms with Crippen LogP contribution in [0.3, 0.4) is 0 Å². The van der Waals surface area contributed by atoms with Gasteiger partial charge in [0.25, 0.3) is 10.0 Å². The Hall–Kier alpha value is -3.92. The van der Waals surface area contributed by atoms with Crippen LogP contribution in [0.4, 0.5) is 11.5 Å². The van der Waals surface area contributed by atoms with Gasteiger partial charge in [0.1, 0.15) is 5.82 Å². The Bertz CT molecular complexity index is 1940. The summed E-state index contributed by atoms with van der Waals surface area (Å²) in [7, 11) is -3.76. The van der Waals surface area contributed by atoms with Crippen molar-refractivity contribution in [3.63, 3.8) is 0 Å². The van der Waals surface area contributed by atoms with Crippen LogP contribution in [0.2, 0.25) is 5.02 Å². The van der Waals surface area contributed by atoms with E-state index < -0.39 is 10.0 Å². The zero-order valence-corrected chi connectivity index (χ0v) is 23.5. The first-order chi connectivity index (χ1) is 18.9. The van der Waals surface area contributed by atoms with Gasteiger partial charge < -0.3 is 5.32 Å². The molecule has 0 saturated heterocycles. The number of rotatable bonds is 7. The largest absolute Gasteiger partial charge is 0.366 e. The summed E-state index contributed by atoms with van der Waals surface area (Å²) in [5.74, 6) is 0.737. The summed E-state index contributed by atoms with van der Waals surface area (Å²) >= 11 is 9.96. The summed E-state index contributed by atoms with van der Waals surface area (Å²) in [6.07, 6.45) is 1.70. The maximum Gasteiger partial charge on any atom is 0.262 e. The lowest BCUT2D eigenvalue weighted by molar-refractivity contribution is 0.602.